The summed E-state index contributed by atoms with van der Waals surface area (Å²) in [6, 6.07) is 5.38. The summed E-state index contributed by atoms with van der Waals surface area (Å²) in [5.74, 6) is 0.470. The van der Waals surface area contributed by atoms with Crippen LogP contribution in [0.2, 0.25) is 5.02 Å². The minimum Gasteiger partial charge on any atom is -0.383 e. The molecule has 0 bridgehead atoms. The fourth-order valence-electron chi connectivity index (χ4n) is 2.75. The number of likely N-dealkylation sites (N-methyl/N-ethyl adjacent to an activating group) is 1. The number of benzene rings is 1. The van der Waals surface area contributed by atoms with Crippen molar-refractivity contribution in [2.24, 2.45) is 10.3 Å². The Labute approximate surface area is 162 Å². The summed E-state index contributed by atoms with van der Waals surface area (Å²) >= 11 is 6.27. The molecule has 144 valence electrons. The van der Waals surface area contributed by atoms with Crippen LogP contribution in [0.4, 0.5) is 17.5 Å². The Balaban J connectivity index is 1.85. The van der Waals surface area contributed by atoms with E-state index in [-0.39, 0.29) is 12.2 Å². The van der Waals surface area contributed by atoms with Crippen LogP contribution >= 0.6 is 11.6 Å². The maximum absolute atomic E-state index is 6.27. The summed E-state index contributed by atoms with van der Waals surface area (Å²) in [4.78, 5) is 8.34. The van der Waals surface area contributed by atoms with E-state index in [1.807, 2.05) is 13.0 Å². The average molecular weight is 392 g/mol. The molecule has 0 amide bonds. The van der Waals surface area contributed by atoms with Crippen LogP contribution in [0, 0.1) is 0 Å². The fraction of sp³-hybridized carbons (Fsp3) is 0.412. The zero-order chi connectivity index (χ0) is 19.4. The molecule has 0 saturated carbocycles. The van der Waals surface area contributed by atoms with Crippen LogP contribution in [0.3, 0.4) is 0 Å². The normalized spacial score (nSPS) is 14.9. The Bertz CT molecular complexity index is 840. The predicted octanol–water partition coefficient (Wildman–Crippen LogP) is 2.83. The summed E-state index contributed by atoms with van der Waals surface area (Å²) in [5, 5.41) is 10.5. The van der Waals surface area contributed by atoms with Gasteiger partial charge in [0.25, 0.3) is 0 Å². The smallest absolute Gasteiger partial charge is 0.222 e. The quantitative estimate of drug-likeness (QED) is 0.572. The van der Waals surface area contributed by atoms with E-state index in [2.05, 4.69) is 20.3 Å². The number of halogens is 1. The van der Waals surface area contributed by atoms with Gasteiger partial charge in [-0.15, -0.1) is 5.11 Å². The van der Waals surface area contributed by atoms with Gasteiger partial charge in [-0.05, 0) is 24.1 Å². The van der Waals surface area contributed by atoms with Crippen molar-refractivity contribution < 1.29 is 9.47 Å². The van der Waals surface area contributed by atoms with Crippen molar-refractivity contribution in [3.8, 4) is 11.1 Å². The van der Waals surface area contributed by atoms with Gasteiger partial charge in [0.2, 0.25) is 5.95 Å². The number of rotatable bonds is 6. The lowest BCUT2D eigenvalue weighted by molar-refractivity contribution is -0.0589. The second-order valence-corrected chi connectivity index (χ2v) is 6.42. The van der Waals surface area contributed by atoms with E-state index in [0.717, 1.165) is 16.8 Å². The molecule has 0 spiro atoms. The third-order valence-electron chi connectivity index (χ3n) is 4.01. The SMILES string of the molecule is CCc1nc(N)nc(N)c1-c1ccc(Cl)c(N=NN(C)CC2OCCO2)c1. The van der Waals surface area contributed by atoms with Crippen molar-refractivity contribution in [3.63, 3.8) is 0 Å². The lowest BCUT2D eigenvalue weighted by atomic mass is 10.0. The Morgan fingerprint density at radius 2 is 2.00 bits per heavy atom. The molecule has 1 saturated heterocycles. The predicted molar refractivity (Wildman–Crippen MR) is 104 cm³/mol. The highest BCUT2D eigenvalue weighted by Crippen LogP contribution is 2.35. The number of nitrogens with two attached hydrogens (primary N) is 2. The van der Waals surface area contributed by atoms with Gasteiger partial charge in [-0.25, -0.2) is 4.98 Å². The van der Waals surface area contributed by atoms with Crippen LogP contribution in [-0.4, -0.2) is 48.1 Å². The summed E-state index contributed by atoms with van der Waals surface area (Å²) in [5.41, 5.74) is 14.6. The molecule has 2 heterocycles. The topological polar surface area (TPSA) is 124 Å². The molecule has 0 aliphatic carbocycles. The Morgan fingerprint density at radius 1 is 1.26 bits per heavy atom. The standard InChI is InChI=1S/C17H22ClN7O2/c1-3-12-15(16(19)22-17(20)21-12)10-4-5-11(18)13(8-10)23-24-25(2)9-14-26-6-7-27-14/h4-5,8,14H,3,6-7,9H2,1-2H3,(H4,19,20,21,22). The van der Waals surface area contributed by atoms with Gasteiger partial charge < -0.3 is 20.9 Å². The molecular weight excluding hydrogens is 370 g/mol. The zero-order valence-corrected chi connectivity index (χ0v) is 16.0. The molecule has 0 unspecified atom stereocenters. The van der Waals surface area contributed by atoms with Crippen molar-refractivity contribution in [3.05, 3.63) is 28.9 Å². The number of nitrogens with zero attached hydrogens (tertiary/aromatic N) is 5. The summed E-state index contributed by atoms with van der Waals surface area (Å²) in [7, 11) is 1.79. The molecule has 1 aromatic carbocycles. The molecule has 1 aromatic heterocycles. The van der Waals surface area contributed by atoms with Gasteiger partial charge >= 0.3 is 0 Å². The highest BCUT2D eigenvalue weighted by molar-refractivity contribution is 6.33. The molecule has 27 heavy (non-hydrogen) atoms. The molecule has 0 atom stereocenters. The highest BCUT2D eigenvalue weighted by atomic mass is 35.5. The molecular formula is C17H22ClN7O2. The number of ether oxygens (including phenoxy) is 2. The first kappa shape index (κ1) is 19.3. The number of hydrogen-bond donors (Lipinski definition) is 2. The maximum atomic E-state index is 6.27. The van der Waals surface area contributed by atoms with Gasteiger partial charge in [0, 0.05) is 12.6 Å². The molecule has 1 aliphatic rings. The van der Waals surface area contributed by atoms with Gasteiger partial charge in [-0.1, -0.05) is 29.8 Å². The van der Waals surface area contributed by atoms with Crippen LogP contribution in [0.25, 0.3) is 11.1 Å². The van der Waals surface area contributed by atoms with Crippen molar-refractivity contribution in [2.75, 3.05) is 38.3 Å². The second-order valence-electron chi connectivity index (χ2n) is 6.01. The molecule has 3 rings (SSSR count). The fourth-order valence-corrected chi connectivity index (χ4v) is 2.91. The molecule has 10 heteroatoms. The van der Waals surface area contributed by atoms with E-state index >= 15 is 0 Å². The monoisotopic (exact) mass is 391 g/mol. The first-order valence-electron chi connectivity index (χ1n) is 8.55. The third-order valence-corrected chi connectivity index (χ3v) is 4.33. The number of aryl methyl sites for hydroxylation is 1. The summed E-state index contributed by atoms with van der Waals surface area (Å²) < 4.78 is 10.8. The van der Waals surface area contributed by atoms with E-state index in [1.54, 1.807) is 24.2 Å². The van der Waals surface area contributed by atoms with Crippen molar-refractivity contribution in [2.45, 2.75) is 19.6 Å². The molecule has 1 fully saturated rings. The molecule has 1 aliphatic heterocycles. The summed E-state index contributed by atoms with van der Waals surface area (Å²) in [6.07, 6.45) is 0.366. The Hall–Kier alpha value is -2.49. The lowest BCUT2D eigenvalue weighted by Crippen LogP contribution is -2.25. The summed E-state index contributed by atoms with van der Waals surface area (Å²) in [6.45, 7) is 3.63. The molecule has 9 nitrogen and oxygen atoms in total. The van der Waals surface area contributed by atoms with E-state index in [1.165, 1.54) is 0 Å². The van der Waals surface area contributed by atoms with Crippen LogP contribution in [0.1, 0.15) is 12.6 Å². The number of aromatic nitrogens is 2. The van der Waals surface area contributed by atoms with Crippen molar-refractivity contribution in [1.29, 1.82) is 0 Å². The highest BCUT2D eigenvalue weighted by Gasteiger charge is 2.18. The molecule has 0 radical (unpaired) electrons. The van der Waals surface area contributed by atoms with Crippen molar-refractivity contribution >= 4 is 29.1 Å². The van der Waals surface area contributed by atoms with Crippen LogP contribution in [-0.2, 0) is 15.9 Å². The van der Waals surface area contributed by atoms with Crippen LogP contribution < -0.4 is 11.5 Å². The lowest BCUT2D eigenvalue weighted by Gasteiger charge is -2.15. The Morgan fingerprint density at radius 3 is 2.70 bits per heavy atom. The van der Waals surface area contributed by atoms with Gasteiger partial charge in [-0.2, -0.15) is 4.98 Å². The van der Waals surface area contributed by atoms with Crippen LogP contribution in [0.5, 0.6) is 0 Å². The third kappa shape index (κ3) is 4.62. The zero-order valence-electron chi connectivity index (χ0n) is 15.2. The molecule has 4 N–H and O–H groups in total. The number of nitrogen functional groups attached to an aromatic ring is 2. The van der Waals surface area contributed by atoms with Gasteiger partial charge in [0.15, 0.2) is 6.29 Å². The van der Waals surface area contributed by atoms with Gasteiger partial charge in [0.1, 0.15) is 11.5 Å². The number of hydrogen-bond acceptors (Lipinski definition) is 8. The Kier molecular flexibility index (Phi) is 6.04. The van der Waals surface area contributed by atoms with E-state index in [9.17, 15) is 0 Å². The second kappa shape index (κ2) is 8.47. The molecule has 2 aromatic rings. The van der Waals surface area contributed by atoms with Gasteiger partial charge in [0.05, 0.1) is 30.5 Å². The average Bonchev–Trinajstić information content (AvgIpc) is 3.13. The van der Waals surface area contributed by atoms with Crippen LogP contribution in [0.15, 0.2) is 28.5 Å². The largest absolute Gasteiger partial charge is 0.383 e. The first-order chi connectivity index (χ1) is 13.0. The van der Waals surface area contributed by atoms with Crippen molar-refractivity contribution in [1.82, 2.24) is 15.0 Å². The van der Waals surface area contributed by atoms with Gasteiger partial charge in [-0.3, -0.25) is 5.01 Å². The maximum Gasteiger partial charge on any atom is 0.222 e. The first-order valence-corrected chi connectivity index (χ1v) is 8.93. The minimum atomic E-state index is -0.297. The van der Waals surface area contributed by atoms with E-state index in [4.69, 9.17) is 32.5 Å². The van der Waals surface area contributed by atoms with E-state index in [0.29, 0.717) is 42.7 Å². The number of anilines is 2. The minimum absolute atomic E-state index is 0.153. The van der Waals surface area contributed by atoms with E-state index < -0.39 is 0 Å².